The van der Waals surface area contributed by atoms with Crippen LogP contribution in [0.3, 0.4) is 0 Å². The molecule has 2 rings (SSSR count). The average Bonchev–Trinajstić information content (AvgIpc) is 2.39. The number of phenols is 1. The van der Waals surface area contributed by atoms with E-state index in [0.29, 0.717) is 23.0 Å². The first-order valence-electron chi connectivity index (χ1n) is 7.91. The Labute approximate surface area is 129 Å². The summed E-state index contributed by atoms with van der Waals surface area (Å²) in [6.07, 6.45) is 1.19. The maximum atomic E-state index is 9.84. The van der Waals surface area contributed by atoms with Crippen molar-refractivity contribution >= 4 is 10.8 Å². The number of phenolic OH excluding ortho intramolecular Hbond substituents is 1. The zero-order valence-corrected chi connectivity index (χ0v) is 14.2. The van der Waals surface area contributed by atoms with E-state index in [1.165, 1.54) is 17.4 Å². The Hall–Kier alpha value is -1.50. The Morgan fingerprint density at radius 2 is 1.71 bits per heavy atom. The van der Waals surface area contributed by atoms with Gasteiger partial charge in [0.2, 0.25) is 0 Å². The molecule has 1 unspecified atom stereocenters. The molecule has 2 aromatic rings. The van der Waals surface area contributed by atoms with E-state index in [-0.39, 0.29) is 0 Å². The van der Waals surface area contributed by atoms with Gasteiger partial charge in [-0.3, -0.25) is 0 Å². The molecule has 21 heavy (non-hydrogen) atoms. The fourth-order valence-electron chi connectivity index (χ4n) is 3.12. The third kappa shape index (κ3) is 3.58. The minimum Gasteiger partial charge on any atom is -0.508 e. The number of aryl methyl sites for hydroxylation is 1. The van der Waals surface area contributed by atoms with E-state index < -0.39 is 0 Å². The molecule has 1 nitrogen and oxygen atoms in total. The monoisotopic (exact) mass is 284 g/mol. The quantitative estimate of drug-likeness (QED) is 0.729. The van der Waals surface area contributed by atoms with E-state index in [9.17, 15) is 5.11 Å². The molecule has 0 aliphatic heterocycles. The molecule has 0 saturated carbocycles. The second-order valence-electron chi connectivity index (χ2n) is 7.81. The van der Waals surface area contributed by atoms with Crippen LogP contribution >= 0.6 is 0 Å². The van der Waals surface area contributed by atoms with Gasteiger partial charge in [-0.15, -0.1) is 0 Å². The third-order valence-corrected chi connectivity index (χ3v) is 4.35. The Morgan fingerprint density at radius 3 is 2.29 bits per heavy atom. The van der Waals surface area contributed by atoms with Gasteiger partial charge in [-0.2, -0.15) is 0 Å². The van der Waals surface area contributed by atoms with E-state index in [1.54, 1.807) is 6.07 Å². The second kappa shape index (κ2) is 5.71. The summed E-state index contributed by atoms with van der Waals surface area (Å²) in [5.74, 6) is 1.58. The van der Waals surface area contributed by atoms with E-state index >= 15 is 0 Å². The number of hydrogen-bond donors (Lipinski definition) is 1. The number of hydrogen-bond acceptors (Lipinski definition) is 1. The molecule has 0 saturated heterocycles. The van der Waals surface area contributed by atoms with Crippen LogP contribution in [0.4, 0.5) is 0 Å². The van der Waals surface area contributed by atoms with E-state index in [0.717, 1.165) is 10.9 Å². The Kier molecular flexibility index (Phi) is 4.32. The highest BCUT2D eigenvalue weighted by Crippen LogP contribution is 2.38. The maximum Gasteiger partial charge on any atom is 0.119 e. The molecule has 1 atom stereocenters. The van der Waals surface area contributed by atoms with Crippen LogP contribution in [0.15, 0.2) is 30.3 Å². The fourth-order valence-corrected chi connectivity index (χ4v) is 3.12. The molecule has 0 heterocycles. The minimum atomic E-state index is 0.328. The summed E-state index contributed by atoms with van der Waals surface area (Å²) in [6.45, 7) is 13.5. The predicted octanol–water partition coefficient (Wildman–Crippen LogP) is 6.03. The zero-order chi connectivity index (χ0) is 15.8. The lowest BCUT2D eigenvalue weighted by molar-refractivity contribution is 0.301. The van der Waals surface area contributed by atoms with Crippen molar-refractivity contribution in [1.82, 2.24) is 0 Å². The molecule has 0 spiro atoms. The summed E-state index contributed by atoms with van der Waals surface area (Å²) in [6, 6.07) is 10.5. The Balaban J connectivity index is 2.47. The largest absolute Gasteiger partial charge is 0.508 e. The fraction of sp³-hybridized carbons (Fsp3) is 0.500. The minimum absolute atomic E-state index is 0.328. The summed E-state index contributed by atoms with van der Waals surface area (Å²) in [5.41, 5.74) is 2.71. The summed E-state index contributed by atoms with van der Waals surface area (Å²) >= 11 is 0. The first kappa shape index (κ1) is 15.9. The molecule has 0 amide bonds. The van der Waals surface area contributed by atoms with E-state index in [1.807, 2.05) is 13.0 Å². The van der Waals surface area contributed by atoms with E-state index in [4.69, 9.17) is 0 Å². The van der Waals surface area contributed by atoms with Crippen molar-refractivity contribution in [3.8, 4) is 5.75 Å². The molecule has 1 heteroatoms. The smallest absolute Gasteiger partial charge is 0.119 e. The lowest BCUT2D eigenvalue weighted by Crippen LogP contribution is -2.16. The van der Waals surface area contributed by atoms with Crippen LogP contribution in [-0.4, -0.2) is 5.11 Å². The molecule has 0 aliphatic carbocycles. The van der Waals surface area contributed by atoms with Crippen molar-refractivity contribution in [2.75, 3.05) is 0 Å². The van der Waals surface area contributed by atoms with Crippen molar-refractivity contribution in [2.24, 2.45) is 11.3 Å². The maximum absolute atomic E-state index is 9.84. The second-order valence-corrected chi connectivity index (χ2v) is 7.81. The van der Waals surface area contributed by atoms with Gasteiger partial charge in [-0.1, -0.05) is 58.9 Å². The predicted molar refractivity (Wildman–Crippen MR) is 92.0 cm³/mol. The Morgan fingerprint density at radius 1 is 1.05 bits per heavy atom. The highest BCUT2D eigenvalue weighted by Gasteiger charge is 2.23. The normalized spacial score (nSPS) is 13.9. The molecule has 0 aliphatic rings. The van der Waals surface area contributed by atoms with E-state index in [2.05, 4.69) is 52.8 Å². The van der Waals surface area contributed by atoms with Crippen LogP contribution < -0.4 is 0 Å². The molecule has 0 radical (unpaired) electrons. The van der Waals surface area contributed by atoms with Gasteiger partial charge in [-0.25, -0.2) is 0 Å². The molecule has 114 valence electrons. The van der Waals surface area contributed by atoms with Crippen molar-refractivity contribution in [1.29, 1.82) is 0 Å². The molecular formula is C20H28O. The Bertz CT molecular complexity index is 632. The van der Waals surface area contributed by atoms with Gasteiger partial charge < -0.3 is 5.11 Å². The number of fused-ring (bicyclic) bond motifs is 1. The topological polar surface area (TPSA) is 20.2 Å². The van der Waals surface area contributed by atoms with Gasteiger partial charge in [0.15, 0.2) is 0 Å². The van der Waals surface area contributed by atoms with Crippen LogP contribution in [-0.2, 0) is 0 Å². The molecule has 0 bridgehead atoms. The molecule has 1 N–H and O–H groups in total. The first-order chi connectivity index (χ1) is 9.69. The highest BCUT2D eigenvalue weighted by molar-refractivity contribution is 5.88. The molecule has 0 fully saturated rings. The van der Waals surface area contributed by atoms with Crippen molar-refractivity contribution in [2.45, 2.75) is 53.9 Å². The van der Waals surface area contributed by atoms with Gasteiger partial charge in [0.1, 0.15) is 5.75 Å². The first-order valence-corrected chi connectivity index (χ1v) is 7.91. The number of aromatic hydroxyl groups is 1. The summed E-state index contributed by atoms with van der Waals surface area (Å²) < 4.78 is 0. The molecule has 2 aromatic carbocycles. The molecule has 0 aromatic heterocycles. The van der Waals surface area contributed by atoms with Crippen molar-refractivity contribution in [3.05, 3.63) is 41.5 Å². The summed E-state index contributed by atoms with van der Waals surface area (Å²) in [7, 11) is 0. The summed E-state index contributed by atoms with van der Waals surface area (Å²) in [5, 5.41) is 12.2. The lowest BCUT2D eigenvalue weighted by atomic mass is 9.76. The number of benzene rings is 2. The van der Waals surface area contributed by atoms with Gasteiger partial charge in [0, 0.05) is 0 Å². The SMILES string of the molecule is Cc1c(O)ccc2cc(C(CC(C)(C)C)C(C)C)ccc12. The van der Waals surface area contributed by atoms with Gasteiger partial charge >= 0.3 is 0 Å². The van der Waals surface area contributed by atoms with Gasteiger partial charge in [0.05, 0.1) is 0 Å². The zero-order valence-electron chi connectivity index (χ0n) is 14.2. The third-order valence-electron chi connectivity index (χ3n) is 4.35. The van der Waals surface area contributed by atoms with Crippen molar-refractivity contribution in [3.63, 3.8) is 0 Å². The average molecular weight is 284 g/mol. The van der Waals surface area contributed by atoms with Gasteiger partial charge in [-0.05, 0) is 58.6 Å². The van der Waals surface area contributed by atoms with Crippen LogP contribution in [0.1, 0.15) is 58.1 Å². The number of rotatable bonds is 3. The van der Waals surface area contributed by atoms with Crippen LogP contribution in [0.5, 0.6) is 5.75 Å². The van der Waals surface area contributed by atoms with Crippen molar-refractivity contribution < 1.29 is 5.11 Å². The van der Waals surface area contributed by atoms with Crippen LogP contribution in [0, 0.1) is 18.3 Å². The van der Waals surface area contributed by atoms with Gasteiger partial charge in [0.25, 0.3) is 0 Å². The highest BCUT2D eigenvalue weighted by atomic mass is 16.3. The van der Waals surface area contributed by atoms with Crippen LogP contribution in [0.2, 0.25) is 0 Å². The summed E-state index contributed by atoms with van der Waals surface area (Å²) in [4.78, 5) is 0. The standard InChI is InChI=1S/C20H28O/c1-13(2)18(12-20(4,5)6)16-7-9-17-14(3)19(21)10-8-15(17)11-16/h7-11,13,18,21H,12H2,1-6H3. The lowest BCUT2D eigenvalue weighted by Gasteiger charge is -2.29. The molecular weight excluding hydrogens is 256 g/mol. The van der Waals surface area contributed by atoms with Crippen LogP contribution in [0.25, 0.3) is 10.8 Å².